The number of benzene rings is 1. The molecule has 0 atom stereocenters. The van der Waals surface area contributed by atoms with Crippen LogP contribution in [0.25, 0.3) is 0 Å². The van der Waals surface area contributed by atoms with E-state index in [0.29, 0.717) is 24.2 Å². The Hall–Kier alpha value is -2.32. The molecule has 5 heteroatoms. The van der Waals surface area contributed by atoms with E-state index < -0.39 is 0 Å². The van der Waals surface area contributed by atoms with E-state index >= 15 is 0 Å². The van der Waals surface area contributed by atoms with E-state index in [1.165, 1.54) is 0 Å². The monoisotopic (exact) mass is 299 g/mol. The van der Waals surface area contributed by atoms with Gasteiger partial charge in [-0.2, -0.15) is 5.26 Å². The Labute approximate surface area is 128 Å². The molecule has 0 radical (unpaired) electrons. The lowest BCUT2D eigenvalue weighted by Crippen LogP contribution is -2.22. The van der Waals surface area contributed by atoms with Gasteiger partial charge in [0.25, 0.3) is 5.91 Å². The van der Waals surface area contributed by atoms with Gasteiger partial charge in [-0.3, -0.25) is 4.79 Å². The van der Waals surface area contributed by atoms with Gasteiger partial charge in [0.15, 0.2) is 0 Å². The minimum absolute atomic E-state index is 0.0518. The van der Waals surface area contributed by atoms with Crippen LogP contribution in [-0.4, -0.2) is 12.5 Å². The molecular formula is C16H17N3OS. The molecular weight excluding hydrogens is 282 g/mol. The molecule has 0 aliphatic rings. The smallest absolute Gasteiger partial charge is 0.251 e. The summed E-state index contributed by atoms with van der Waals surface area (Å²) < 4.78 is 0. The third-order valence-corrected chi connectivity index (χ3v) is 4.00. The van der Waals surface area contributed by atoms with Crippen LogP contribution in [0.4, 0.5) is 5.69 Å². The van der Waals surface area contributed by atoms with E-state index in [9.17, 15) is 4.79 Å². The number of nitriles is 1. The SMILES string of the molecule is CCNC(=O)c1ccc(NCc2cc(C#N)cs2)c(C)c1. The van der Waals surface area contributed by atoms with E-state index in [1.807, 2.05) is 43.5 Å². The molecule has 1 aromatic carbocycles. The highest BCUT2D eigenvalue weighted by Crippen LogP contribution is 2.20. The van der Waals surface area contributed by atoms with Gasteiger partial charge in [0.2, 0.25) is 0 Å². The van der Waals surface area contributed by atoms with Crippen molar-refractivity contribution in [3.63, 3.8) is 0 Å². The van der Waals surface area contributed by atoms with Gasteiger partial charge in [0.05, 0.1) is 5.56 Å². The fraction of sp³-hybridized carbons (Fsp3) is 0.250. The molecule has 0 unspecified atom stereocenters. The van der Waals surface area contributed by atoms with Crippen LogP contribution in [0.2, 0.25) is 0 Å². The summed E-state index contributed by atoms with van der Waals surface area (Å²) >= 11 is 1.56. The number of amides is 1. The first kappa shape index (κ1) is 15.1. The van der Waals surface area contributed by atoms with Crippen molar-refractivity contribution >= 4 is 22.9 Å². The molecule has 21 heavy (non-hydrogen) atoms. The van der Waals surface area contributed by atoms with Gasteiger partial charge < -0.3 is 10.6 Å². The number of carbonyl (C=O) groups excluding carboxylic acids is 1. The Bertz CT molecular complexity index is 685. The Morgan fingerprint density at radius 1 is 1.38 bits per heavy atom. The second-order valence-corrected chi connectivity index (χ2v) is 5.65. The lowest BCUT2D eigenvalue weighted by molar-refractivity contribution is 0.0956. The number of thiophene rings is 1. The molecule has 0 spiro atoms. The van der Waals surface area contributed by atoms with Gasteiger partial charge in [-0.15, -0.1) is 11.3 Å². The first-order valence-corrected chi connectivity index (χ1v) is 7.62. The van der Waals surface area contributed by atoms with Crippen LogP contribution in [0, 0.1) is 18.3 Å². The zero-order valence-corrected chi connectivity index (χ0v) is 12.9. The molecule has 1 amide bonds. The van der Waals surface area contributed by atoms with Crippen molar-refractivity contribution in [2.75, 3.05) is 11.9 Å². The first-order valence-electron chi connectivity index (χ1n) is 6.74. The minimum atomic E-state index is -0.0518. The van der Waals surface area contributed by atoms with E-state index in [2.05, 4.69) is 16.7 Å². The third kappa shape index (κ3) is 3.83. The number of aryl methyl sites for hydroxylation is 1. The van der Waals surface area contributed by atoms with Gasteiger partial charge in [0.1, 0.15) is 6.07 Å². The summed E-state index contributed by atoms with van der Waals surface area (Å²) in [5, 5.41) is 16.8. The fourth-order valence-electron chi connectivity index (χ4n) is 1.98. The van der Waals surface area contributed by atoms with Crippen molar-refractivity contribution in [1.29, 1.82) is 5.26 Å². The van der Waals surface area contributed by atoms with Crippen LogP contribution in [-0.2, 0) is 6.54 Å². The first-order chi connectivity index (χ1) is 10.1. The zero-order valence-electron chi connectivity index (χ0n) is 12.1. The summed E-state index contributed by atoms with van der Waals surface area (Å²) in [4.78, 5) is 12.9. The molecule has 0 saturated heterocycles. The van der Waals surface area contributed by atoms with Crippen LogP contribution < -0.4 is 10.6 Å². The van der Waals surface area contributed by atoms with Crippen molar-refractivity contribution in [3.8, 4) is 6.07 Å². The van der Waals surface area contributed by atoms with Crippen molar-refractivity contribution in [1.82, 2.24) is 5.32 Å². The number of hydrogen-bond donors (Lipinski definition) is 2. The predicted octanol–water partition coefficient (Wildman–Crippen LogP) is 3.29. The highest BCUT2D eigenvalue weighted by Gasteiger charge is 2.07. The quantitative estimate of drug-likeness (QED) is 0.890. The molecule has 4 nitrogen and oxygen atoms in total. The molecule has 1 aromatic heterocycles. The van der Waals surface area contributed by atoms with E-state index in [4.69, 9.17) is 5.26 Å². The Balaban J connectivity index is 2.04. The van der Waals surface area contributed by atoms with E-state index in [0.717, 1.165) is 16.1 Å². The normalized spacial score (nSPS) is 9.95. The van der Waals surface area contributed by atoms with E-state index in [1.54, 1.807) is 11.3 Å². The summed E-state index contributed by atoms with van der Waals surface area (Å²) in [6.45, 7) is 5.17. The van der Waals surface area contributed by atoms with Crippen LogP contribution in [0.15, 0.2) is 29.6 Å². The highest BCUT2D eigenvalue weighted by molar-refractivity contribution is 7.10. The standard InChI is InChI=1S/C16H17N3OS/c1-3-18-16(20)13-4-5-15(11(2)6-13)19-9-14-7-12(8-17)10-21-14/h4-7,10,19H,3,9H2,1-2H3,(H,18,20). The summed E-state index contributed by atoms with van der Waals surface area (Å²) in [7, 11) is 0. The van der Waals surface area contributed by atoms with Crippen molar-refractivity contribution in [2.24, 2.45) is 0 Å². The van der Waals surface area contributed by atoms with Gasteiger partial charge in [-0.25, -0.2) is 0 Å². The highest BCUT2D eigenvalue weighted by atomic mass is 32.1. The van der Waals surface area contributed by atoms with Crippen LogP contribution in [0.5, 0.6) is 0 Å². The fourth-order valence-corrected chi connectivity index (χ4v) is 2.73. The summed E-state index contributed by atoms with van der Waals surface area (Å²) in [6.07, 6.45) is 0. The van der Waals surface area contributed by atoms with Gasteiger partial charge in [-0.05, 0) is 43.7 Å². The largest absolute Gasteiger partial charge is 0.380 e. The number of carbonyl (C=O) groups is 1. The molecule has 0 aliphatic heterocycles. The lowest BCUT2D eigenvalue weighted by atomic mass is 10.1. The lowest BCUT2D eigenvalue weighted by Gasteiger charge is -2.10. The van der Waals surface area contributed by atoms with Crippen LogP contribution >= 0.6 is 11.3 Å². The Morgan fingerprint density at radius 3 is 2.81 bits per heavy atom. The molecule has 2 aromatic rings. The van der Waals surface area contributed by atoms with Crippen molar-refractivity contribution < 1.29 is 4.79 Å². The molecule has 0 aliphatic carbocycles. The van der Waals surface area contributed by atoms with Crippen LogP contribution in [0.1, 0.15) is 33.3 Å². The maximum atomic E-state index is 11.8. The number of rotatable bonds is 5. The van der Waals surface area contributed by atoms with E-state index in [-0.39, 0.29) is 5.91 Å². The van der Waals surface area contributed by atoms with Crippen molar-refractivity contribution in [3.05, 3.63) is 51.2 Å². The second kappa shape index (κ2) is 6.91. The number of anilines is 1. The molecule has 2 rings (SSSR count). The number of hydrogen-bond acceptors (Lipinski definition) is 4. The summed E-state index contributed by atoms with van der Waals surface area (Å²) in [5.41, 5.74) is 3.38. The zero-order chi connectivity index (χ0) is 15.2. The molecule has 0 saturated carbocycles. The summed E-state index contributed by atoms with van der Waals surface area (Å²) in [5.74, 6) is -0.0518. The van der Waals surface area contributed by atoms with Crippen LogP contribution in [0.3, 0.4) is 0 Å². The van der Waals surface area contributed by atoms with Gasteiger partial charge in [-0.1, -0.05) is 0 Å². The maximum absolute atomic E-state index is 11.8. The number of nitrogens with one attached hydrogen (secondary N) is 2. The summed E-state index contributed by atoms with van der Waals surface area (Å²) in [6, 6.07) is 9.62. The molecule has 0 bridgehead atoms. The number of nitrogens with zero attached hydrogens (tertiary/aromatic N) is 1. The third-order valence-electron chi connectivity index (χ3n) is 3.06. The minimum Gasteiger partial charge on any atom is -0.380 e. The Kier molecular flexibility index (Phi) is 4.96. The molecule has 108 valence electrons. The average Bonchev–Trinajstić information content (AvgIpc) is 2.94. The van der Waals surface area contributed by atoms with Gasteiger partial charge >= 0.3 is 0 Å². The molecule has 0 fully saturated rings. The average molecular weight is 299 g/mol. The van der Waals surface area contributed by atoms with Crippen molar-refractivity contribution in [2.45, 2.75) is 20.4 Å². The molecule has 2 N–H and O–H groups in total. The van der Waals surface area contributed by atoms with Gasteiger partial charge in [0, 0.05) is 34.6 Å². The molecule has 1 heterocycles. The Morgan fingerprint density at radius 2 is 2.19 bits per heavy atom. The topological polar surface area (TPSA) is 64.9 Å². The maximum Gasteiger partial charge on any atom is 0.251 e. The second-order valence-electron chi connectivity index (χ2n) is 4.66. The predicted molar refractivity (Wildman–Crippen MR) is 85.5 cm³/mol.